The molecular weight excluding hydrogens is 284 g/mol. The first-order chi connectivity index (χ1) is 10.2. The van der Waals surface area contributed by atoms with Crippen molar-refractivity contribution in [1.29, 1.82) is 0 Å². The van der Waals surface area contributed by atoms with E-state index in [-0.39, 0.29) is 6.03 Å². The number of rotatable bonds is 5. The largest absolute Gasteiger partial charge is 0.338 e. The molecule has 5 nitrogen and oxygen atoms in total. The summed E-state index contributed by atoms with van der Waals surface area (Å²) in [5.41, 5.74) is 0. The van der Waals surface area contributed by atoms with E-state index < -0.39 is 0 Å². The van der Waals surface area contributed by atoms with Crippen LogP contribution in [0.2, 0.25) is 0 Å². The molecule has 0 radical (unpaired) electrons. The molecule has 1 atom stereocenters. The Balaban J connectivity index is 1.61. The summed E-state index contributed by atoms with van der Waals surface area (Å²) in [5, 5.41) is 3.10. The molecule has 2 heterocycles. The van der Waals surface area contributed by atoms with Gasteiger partial charge in [0.1, 0.15) is 0 Å². The second-order valence-corrected chi connectivity index (χ2v) is 7.35. The first kappa shape index (κ1) is 16.9. The molecule has 122 valence electrons. The number of carbonyl (C=O) groups is 1. The normalized spacial score (nSPS) is 23.0. The van der Waals surface area contributed by atoms with Crippen LogP contribution in [0.25, 0.3) is 0 Å². The predicted octanol–water partition coefficient (Wildman–Crippen LogP) is 1.02. The van der Waals surface area contributed by atoms with E-state index in [1.807, 2.05) is 16.7 Å². The highest BCUT2D eigenvalue weighted by atomic mass is 32.2. The second-order valence-electron chi connectivity index (χ2n) is 6.13. The van der Waals surface area contributed by atoms with Gasteiger partial charge in [-0.15, -0.1) is 0 Å². The van der Waals surface area contributed by atoms with Gasteiger partial charge in [0, 0.05) is 63.9 Å². The number of hydrogen-bond acceptors (Lipinski definition) is 4. The molecule has 2 aliphatic heterocycles. The third-order valence-corrected chi connectivity index (χ3v) is 5.32. The highest BCUT2D eigenvalue weighted by molar-refractivity contribution is 7.99. The predicted molar refractivity (Wildman–Crippen MR) is 90.0 cm³/mol. The first-order valence-electron chi connectivity index (χ1n) is 8.24. The van der Waals surface area contributed by atoms with Gasteiger partial charge >= 0.3 is 6.03 Å². The van der Waals surface area contributed by atoms with Crippen LogP contribution < -0.4 is 5.32 Å². The summed E-state index contributed by atoms with van der Waals surface area (Å²) in [5.74, 6) is 2.66. The quantitative estimate of drug-likeness (QED) is 0.822. The highest BCUT2D eigenvalue weighted by Crippen LogP contribution is 2.09. The molecule has 2 aliphatic rings. The summed E-state index contributed by atoms with van der Waals surface area (Å²) in [6, 6.07) is 0.123. The van der Waals surface area contributed by atoms with Crippen LogP contribution in [0.4, 0.5) is 4.79 Å². The summed E-state index contributed by atoms with van der Waals surface area (Å²) >= 11 is 1.93. The molecule has 1 N–H and O–H groups in total. The van der Waals surface area contributed by atoms with Crippen molar-refractivity contribution in [3.63, 3.8) is 0 Å². The first-order valence-corrected chi connectivity index (χ1v) is 9.39. The van der Waals surface area contributed by atoms with Crippen LogP contribution in [0.1, 0.15) is 13.8 Å². The molecule has 0 unspecified atom stereocenters. The number of hydrogen-bond donors (Lipinski definition) is 1. The Kier molecular flexibility index (Phi) is 7.13. The lowest BCUT2D eigenvalue weighted by Crippen LogP contribution is -2.49. The minimum atomic E-state index is 0.123. The van der Waals surface area contributed by atoms with Crippen LogP contribution in [0.15, 0.2) is 0 Å². The Bertz CT molecular complexity index is 315. The molecule has 2 rings (SSSR count). The smallest absolute Gasteiger partial charge is 0.317 e. The molecule has 0 aliphatic carbocycles. The number of urea groups is 1. The van der Waals surface area contributed by atoms with E-state index in [0.717, 1.165) is 57.3 Å². The zero-order chi connectivity index (χ0) is 15.1. The number of carbonyl (C=O) groups excluding carboxylic acids is 1. The van der Waals surface area contributed by atoms with Crippen molar-refractivity contribution in [2.45, 2.75) is 13.8 Å². The molecule has 0 saturated carbocycles. The number of nitrogens with one attached hydrogen (secondary N) is 1. The summed E-state index contributed by atoms with van der Waals surface area (Å²) in [7, 11) is 0. The molecule has 0 aromatic heterocycles. The number of piperazine rings is 1. The van der Waals surface area contributed by atoms with Crippen molar-refractivity contribution in [3.05, 3.63) is 0 Å². The van der Waals surface area contributed by atoms with Gasteiger partial charge in [-0.25, -0.2) is 4.79 Å². The Labute approximate surface area is 133 Å². The fraction of sp³-hybridized carbons (Fsp3) is 0.933. The highest BCUT2D eigenvalue weighted by Gasteiger charge is 2.19. The van der Waals surface area contributed by atoms with E-state index in [9.17, 15) is 4.79 Å². The minimum absolute atomic E-state index is 0.123. The van der Waals surface area contributed by atoms with Crippen LogP contribution in [0, 0.1) is 5.92 Å². The Morgan fingerprint density at radius 1 is 1.10 bits per heavy atom. The van der Waals surface area contributed by atoms with E-state index >= 15 is 0 Å². The maximum Gasteiger partial charge on any atom is 0.317 e. The minimum Gasteiger partial charge on any atom is -0.338 e. The van der Waals surface area contributed by atoms with Gasteiger partial charge in [0.25, 0.3) is 0 Å². The molecule has 0 aromatic rings. The van der Waals surface area contributed by atoms with Gasteiger partial charge in [-0.3, -0.25) is 0 Å². The van der Waals surface area contributed by atoms with E-state index in [1.165, 1.54) is 13.1 Å². The van der Waals surface area contributed by atoms with E-state index in [0.29, 0.717) is 5.92 Å². The zero-order valence-electron chi connectivity index (χ0n) is 13.5. The average Bonchev–Trinajstić information content (AvgIpc) is 2.54. The van der Waals surface area contributed by atoms with Crippen molar-refractivity contribution in [1.82, 2.24) is 20.0 Å². The van der Waals surface area contributed by atoms with Crippen LogP contribution in [0.5, 0.6) is 0 Å². The van der Waals surface area contributed by atoms with Crippen LogP contribution in [-0.4, -0.2) is 91.1 Å². The van der Waals surface area contributed by atoms with Crippen molar-refractivity contribution < 1.29 is 4.79 Å². The molecule has 0 spiro atoms. The van der Waals surface area contributed by atoms with Crippen molar-refractivity contribution in [3.8, 4) is 0 Å². The molecule has 21 heavy (non-hydrogen) atoms. The number of amides is 2. The van der Waals surface area contributed by atoms with Crippen molar-refractivity contribution in [2.75, 3.05) is 70.4 Å². The number of likely N-dealkylation sites (N-methyl/N-ethyl adjacent to an activating group) is 1. The molecule has 2 saturated heterocycles. The van der Waals surface area contributed by atoms with Gasteiger partial charge in [-0.2, -0.15) is 11.8 Å². The van der Waals surface area contributed by atoms with Gasteiger partial charge in [0.2, 0.25) is 0 Å². The lowest BCUT2D eigenvalue weighted by Gasteiger charge is -2.35. The number of nitrogens with zero attached hydrogens (tertiary/aromatic N) is 3. The monoisotopic (exact) mass is 314 g/mol. The van der Waals surface area contributed by atoms with E-state index in [2.05, 4.69) is 29.0 Å². The fourth-order valence-corrected chi connectivity index (χ4v) is 3.84. The summed E-state index contributed by atoms with van der Waals surface area (Å²) < 4.78 is 0. The summed E-state index contributed by atoms with van der Waals surface area (Å²) in [6.07, 6.45) is 0. The number of thioether (sulfide) groups is 1. The van der Waals surface area contributed by atoms with E-state index in [1.54, 1.807) is 0 Å². The molecule has 2 amide bonds. The maximum absolute atomic E-state index is 12.1. The fourth-order valence-electron chi connectivity index (χ4n) is 2.93. The van der Waals surface area contributed by atoms with Crippen LogP contribution in [0.3, 0.4) is 0 Å². The van der Waals surface area contributed by atoms with Crippen LogP contribution >= 0.6 is 11.8 Å². The summed E-state index contributed by atoms with van der Waals surface area (Å²) in [4.78, 5) is 19.0. The van der Waals surface area contributed by atoms with Crippen molar-refractivity contribution in [2.24, 2.45) is 5.92 Å². The molecule has 6 heteroatoms. The van der Waals surface area contributed by atoms with Crippen molar-refractivity contribution >= 4 is 17.8 Å². The van der Waals surface area contributed by atoms with Gasteiger partial charge in [-0.05, 0) is 12.5 Å². The Morgan fingerprint density at radius 3 is 2.33 bits per heavy atom. The van der Waals surface area contributed by atoms with E-state index in [4.69, 9.17) is 0 Å². The topological polar surface area (TPSA) is 38.8 Å². The zero-order valence-corrected chi connectivity index (χ0v) is 14.3. The lowest BCUT2D eigenvalue weighted by atomic mass is 10.1. The molecule has 2 fully saturated rings. The Morgan fingerprint density at radius 2 is 1.71 bits per heavy atom. The third kappa shape index (κ3) is 5.68. The molecule has 0 bridgehead atoms. The average molecular weight is 314 g/mol. The van der Waals surface area contributed by atoms with Crippen LogP contribution in [-0.2, 0) is 0 Å². The molecular formula is C15H30N4OS. The summed E-state index contributed by atoms with van der Waals surface area (Å²) in [6.45, 7) is 14.0. The SMILES string of the molecule is CCN1CCN(C[C@H](C)CNC(=O)N2CCSCC2)CC1. The van der Waals surface area contributed by atoms with Gasteiger partial charge < -0.3 is 20.0 Å². The third-order valence-electron chi connectivity index (χ3n) is 4.38. The lowest BCUT2D eigenvalue weighted by molar-refractivity contribution is 0.123. The van der Waals surface area contributed by atoms with Gasteiger partial charge in [0.05, 0.1) is 0 Å². The van der Waals surface area contributed by atoms with Gasteiger partial charge in [-0.1, -0.05) is 13.8 Å². The van der Waals surface area contributed by atoms with Gasteiger partial charge in [0.15, 0.2) is 0 Å². The maximum atomic E-state index is 12.1. The molecule has 0 aromatic carbocycles. The standard InChI is InChI=1S/C15H30N4OS/c1-3-17-4-6-18(7-5-17)13-14(2)12-16-15(20)19-8-10-21-11-9-19/h14H,3-13H2,1-2H3,(H,16,20)/t14-/m1/s1. The second kappa shape index (κ2) is 8.86. The Hall–Kier alpha value is -0.460.